The zero-order valence-electron chi connectivity index (χ0n) is 15.8. The second-order valence-corrected chi connectivity index (χ2v) is 6.80. The van der Waals surface area contributed by atoms with Gasteiger partial charge >= 0.3 is 0 Å². The number of rotatable bonds is 8. The summed E-state index contributed by atoms with van der Waals surface area (Å²) in [6.45, 7) is 5.12. The Morgan fingerprint density at radius 1 is 1.14 bits per heavy atom. The van der Waals surface area contributed by atoms with Crippen LogP contribution in [0.3, 0.4) is 0 Å². The number of hydrogen-bond acceptors (Lipinski definition) is 6. The minimum Gasteiger partial charge on any atom is -0.507 e. The van der Waals surface area contributed by atoms with Crippen LogP contribution in [0.4, 0.5) is 5.69 Å². The molecule has 1 amide bonds. The average Bonchev–Trinajstić information content (AvgIpc) is 3.11. The lowest BCUT2D eigenvalue weighted by Gasteiger charge is -2.09. The molecule has 0 aliphatic carbocycles. The number of phenolic OH excluding ortho intramolecular Hbond substituents is 1. The van der Waals surface area contributed by atoms with Crippen LogP contribution in [0.15, 0.2) is 53.7 Å². The first-order valence-electron chi connectivity index (χ1n) is 8.99. The van der Waals surface area contributed by atoms with Gasteiger partial charge in [-0.3, -0.25) is 4.79 Å². The third-order valence-corrected chi connectivity index (χ3v) is 4.93. The molecule has 2 aromatic carbocycles. The Labute approximate surface area is 167 Å². The van der Waals surface area contributed by atoms with Crippen LogP contribution in [0, 0.1) is 0 Å². The van der Waals surface area contributed by atoms with Crippen LogP contribution < -0.4 is 10.1 Å². The first kappa shape index (κ1) is 19.8. The van der Waals surface area contributed by atoms with E-state index in [1.54, 1.807) is 30.3 Å². The molecule has 0 fully saturated rings. The number of nitrogens with zero attached hydrogens (tertiary/aromatic N) is 3. The monoisotopic (exact) mass is 398 g/mol. The van der Waals surface area contributed by atoms with Crippen molar-refractivity contribution < 1.29 is 14.6 Å². The van der Waals surface area contributed by atoms with Crippen LogP contribution in [0.1, 0.15) is 13.8 Å². The van der Waals surface area contributed by atoms with E-state index in [1.165, 1.54) is 11.8 Å². The number of thioether (sulfide) groups is 1. The van der Waals surface area contributed by atoms with Gasteiger partial charge in [-0.25, -0.2) is 0 Å². The van der Waals surface area contributed by atoms with Gasteiger partial charge in [-0.2, -0.15) is 0 Å². The van der Waals surface area contributed by atoms with Gasteiger partial charge in [-0.1, -0.05) is 23.9 Å². The van der Waals surface area contributed by atoms with Crippen molar-refractivity contribution in [2.24, 2.45) is 0 Å². The smallest absolute Gasteiger partial charge is 0.234 e. The first-order chi connectivity index (χ1) is 13.6. The summed E-state index contributed by atoms with van der Waals surface area (Å²) in [5, 5.41) is 21.9. The van der Waals surface area contributed by atoms with Crippen molar-refractivity contribution in [3.8, 4) is 22.9 Å². The van der Waals surface area contributed by atoms with Gasteiger partial charge < -0.3 is 19.7 Å². The number of benzene rings is 2. The summed E-state index contributed by atoms with van der Waals surface area (Å²) in [5.74, 6) is 1.56. The van der Waals surface area contributed by atoms with Crippen molar-refractivity contribution in [1.29, 1.82) is 0 Å². The number of aromatic nitrogens is 3. The van der Waals surface area contributed by atoms with Crippen molar-refractivity contribution in [2.45, 2.75) is 25.5 Å². The van der Waals surface area contributed by atoms with E-state index in [4.69, 9.17) is 4.74 Å². The van der Waals surface area contributed by atoms with Gasteiger partial charge in [0.05, 0.1) is 17.9 Å². The number of carbonyl (C=O) groups is 1. The second kappa shape index (κ2) is 9.27. The van der Waals surface area contributed by atoms with Gasteiger partial charge in [0.1, 0.15) is 11.5 Å². The Morgan fingerprint density at radius 3 is 2.57 bits per heavy atom. The number of amides is 1. The summed E-state index contributed by atoms with van der Waals surface area (Å²) in [7, 11) is 0. The number of phenols is 1. The van der Waals surface area contributed by atoms with Gasteiger partial charge in [0, 0.05) is 12.2 Å². The summed E-state index contributed by atoms with van der Waals surface area (Å²) in [6.07, 6.45) is 0. The summed E-state index contributed by atoms with van der Waals surface area (Å²) < 4.78 is 7.27. The van der Waals surface area contributed by atoms with E-state index in [2.05, 4.69) is 15.5 Å². The highest BCUT2D eigenvalue weighted by Gasteiger charge is 2.16. The Balaban J connectivity index is 1.64. The Morgan fingerprint density at radius 2 is 1.89 bits per heavy atom. The number of ether oxygens (including phenoxy) is 1. The Kier molecular flexibility index (Phi) is 6.54. The highest BCUT2D eigenvalue weighted by atomic mass is 32.2. The van der Waals surface area contributed by atoms with E-state index in [1.807, 2.05) is 36.6 Å². The normalized spacial score (nSPS) is 10.6. The molecule has 3 rings (SSSR count). The van der Waals surface area contributed by atoms with Crippen LogP contribution in [0.5, 0.6) is 11.5 Å². The molecular formula is C20H22N4O3S. The number of para-hydroxylation sites is 1. The van der Waals surface area contributed by atoms with Crippen LogP contribution in [-0.2, 0) is 11.3 Å². The van der Waals surface area contributed by atoms with Gasteiger partial charge in [0.25, 0.3) is 0 Å². The summed E-state index contributed by atoms with van der Waals surface area (Å²) in [4.78, 5) is 12.3. The molecule has 0 aliphatic heterocycles. The highest BCUT2D eigenvalue weighted by Crippen LogP contribution is 2.30. The average molecular weight is 398 g/mol. The largest absolute Gasteiger partial charge is 0.507 e. The summed E-state index contributed by atoms with van der Waals surface area (Å²) in [6, 6.07) is 14.2. The molecule has 1 aromatic heterocycles. The number of aromatic hydroxyl groups is 1. The molecule has 7 nitrogen and oxygen atoms in total. The molecule has 0 spiro atoms. The third-order valence-electron chi connectivity index (χ3n) is 3.96. The highest BCUT2D eigenvalue weighted by molar-refractivity contribution is 7.99. The minimum atomic E-state index is -0.135. The number of hydrogen-bond donors (Lipinski definition) is 2. The van der Waals surface area contributed by atoms with Crippen molar-refractivity contribution >= 4 is 23.4 Å². The molecule has 28 heavy (non-hydrogen) atoms. The molecule has 1 heterocycles. The molecule has 0 radical (unpaired) electrons. The first-order valence-corrected chi connectivity index (χ1v) is 9.98. The van der Waals surface area contributed by atoms with E-state index < -0.39 is 0 Å². The van der Waals surface area contributed by atoms with Gasteiger partial charge in [0.2, 0.25) is 5.91 Å². The van der Waals surface area contributed by atoms with Crippen LogP contribution in [-0.4, -0.2) is 38.1 Å². The minimum absolute atomic E-state index is 0.135. The van der Waals surface area contributed by atoms with Gasteiger partial charge in [-0.05, 0) is 50.2 Å². The van der Waals surface area contributed by atoms with Crippen LogP contribution in [0.2, 0.25) is 0 Å². The fourth-order valence-corrected chi connectivity index (χ4v) is 3.47. The van der Waals surface area contributed by atoms with Gasteiger partial charge in [-0.15, -0.1) is 10.2 Å². The van der Waals surface area contributed by atoms with Crippen LogP contribution >= 0.6 is 11.8 Å². The van der Waals surface area contributed by atoms with E-state index >= 15 is 0 Å². The van der Waals surface area contributed by atoms with Crippen molar-refractivity contribution in [1.82, 2.24) is 14.8 Å². The summed E-state index contributed by atoms with van der Waals surface area (Å²) >= 11 is 1.30. The van der Waals surface area contributed by atoms with Crippen molar-refractivity contribution in [3.63, 3.8) is 0 Å². The maximum absolute atomic E-state index is 12.3. The SMILES string of the molecule is CCOc1ccc(NC(=O)CSc2nnc(-c3ccccc3O)n2CC)cc1. The number of anilines is 1. The number of nitrogens with one attached hydrogen (secondary N) is 1. The van der Waals surface area contributed by atoms with E-state index in [9.17, 15) is 9.90 Å². The van der Waals surface area contributed by atoms with E-state index in [-0.39, 0.29) is 17.4 Å². The van der Waals surface area contributed by atoms with E-state index in [0.717, 1.165) is 5.75 Å². The molecule has 2 N–H and O–H groups in total. The second-order valence-electron chi connectivity index (χ2n) is 5.86. The zero-order chi connectivity index (χ0) is 19.9. The molecule has 8 heteroatoms. The molecule has 0 aliphatic rings. The van der Waals surface area contributed by atoms with Gasteiger partial charge in [0.15, 0.2) is 11.0 Å². The fraction of sp³-hybridized carbons (Fsp3) is 0.250. The molecule has 0 bridgehead atoms. The lowest BCUT2D eigenvalue weighted by molar-refractivity contribution is -0.113. The number of carbonyl (C=O) groups excluding carboxylic acids is 1. The quantitative estimate of drug-likeness (QED) is 0.561. The van der Waals surface area contributed by atoms with Crippen molar-refractivity contribution in [3.05, 3.63) is 48.5 Å². The summed E-state index contributed by atoms with van der Waals surface area (Å²) in [5.41, 5.74) is 1.32. The zero-order valence-corrected chi connectivity index (χ0v) is 16.6. The lowest BCUT2D eigenvalue weighted by Crippen LogP contribution is -2.14. The predicted octanol–water partition coefficient (Wildman–Crippen LogP) is 3.80. The molecule has 0 saturated carbocycles. The molecule has 3 aromatic rings. The fourth-order valence-electron chi connectivity index (χ4n) is 2.67. The van der Waals surface area contributed by atoms with Crippen LogP contribution in [0.25, 0.3) is 11.4 Å². The predicted molar refractivity (Wildman–Crippen MR) is 110 cm³/mol. The van der Waals surface area contributed by atoms with E-state index in [0.29, 0.717) is 35.4 Å². The topological polar surface area (TPSA) is 89.3 Å². The molecular weight excluding hydrogens is 376 g/mol. The molecule has 0 atom stereocenters. The maximum Gasteiger partial charge on any atom is 0.234 e. The Bertz CT molecular complexity index is 941. The maximum atomic E-state index is 12.3. The lowest BCUT2D eigenvalue weighted by atomic mass is 10.2. The molecule has 0 saturated heterocycles. The Hall–Kier alpha value is -3.00. The molecule has 146 valence electrons. The standard InChI is InChI=1S/C20H22N4O3S/c1-3-24-19(16-7-5-6-8-17(16)25)22-23-20(24)28-13-18(26)21-14-9-11-15(12-10-14)27-4-2/h5-12,25H,3-4,13H2,1-2H3,(H,21,26). The third kappa shape index (κ3) is 4.64. The molecule has 0 unspecified atom stereocenters. The van der Waals surface area contributed by atoms with Crippen molar-refractivity contribution in [2.75, 3.05) is 17.7 Å².